The summed E-state index contributed by atoms with van der Waals surface area (Å²) in [5.41, 5.74) is 0. The lowest BCUT2D eigenvalue weighted by Gasteiger charge is -2.05. The van der Waals surface area contributed by atoms with Crippen LogP contribution in [0.2, 0.25) is 0 Å². The number of hydrogen-bond donors (Lipinski definition) is 0. The molecule has 0 amide bonds. The number of nitrogens with zero attached hydrogens (tertiary/aromatic N) is 2. The van der Waals surface area contributed by atoms with Crippen LogP contribution in [0, 0.1) is 0 Å². The molecule has 1 rings (SSSR count). The van der Waals surface area contributed by atoms with Crippen LogP contribution in [0.25, 0.3) is 0 Å². The number of hydrogen-bond acceptors (Lipinski definition) is 0. The van der Waals surface area contributed by atoms with Crippen molar-refractivity contribution in [2.45, 2.75) is 181 Å². The SMILES string of the molecule is CCCCCCCCCCCCCCCCCCCn1cc[n+](C)c1CCCCCCCCC. The number of aromatic nitrogens is 2. The third kappa shape index (κ3) is 17.6. The molecule has 0 unspecified atom stereocenters. The first kappa shape index (κ1) is 31.2. The minimum Gasteiger partial charge on any atom is -0.237 e. The zero-order valence-corrected chi connectivity index (χ0v) is 23.9. The number of rotatable bonds is 26. The van der Waals surface area contributed by atoms with Crippen LogP contribution in [0.1, 0.15) is 174 Å². The highest BCUT2D eigenvalue weighted by Gasteiger charge is 2.13. The Bertz CT molecular complexity index is 533. The number of aryl methyl sites for hydroxylation is 2. The van der Waals surface area contributed by atoms with Crippen LogP contribution >= 0.6 is 0 Å². The van der Waals surface area contributed by atoms with Crippen molar-refractivity contribution in [2.24, 2.45) is 7.05 Å². The molecule has 2 heteroatoms. The Labute approximate surface area is 215 Å². The van der Waals surface area contributed by atoms with E-state index >= 15 is 0 Å². The van der Waals surface area contributed by atoms with Crippen LogP contribution in [0.3, 0.4) is 0 Å². The molecule has 0 aliphatic rings. The van der Waals surface area contributed by atoms with Crippen molar-refractivity contribution in [2.75, 3.05) is 0 Å². The van der Waals surface area contributed by atoms with Crippen LogP contribution in [-0.4, -0.2) is 4.57 Å². The van der Waals surface area contributed by atoms with E-state index in [-0.39, 0.29) is 0 Å². The normalized spacial score (nSPS) is 11.5. The zero-order chi connectivity index (χ0) is 24.5. The highest BCUT2D eigenvalue weighted by atomic mass is 15.1. The maximum Gasteiger partial charge on any atom is 0.256 e. The van der Waals surface area contributed by atoms with E-state index in [2.05, 4.69) is 42.4 Å². The van der Waals surface area contributed by atoms with Gasteiger partial charge in [-0.3, -0.25) is 0 Å². The van der Waals surface area contributed by atoms with E-state index in [0.717, 1.165) is 0 Å². The number of unbranched alkanes of at least 4 members (excludes halogenated alkanes) is 22. The third-order valence-electron chi connectivity index (χ3n) is 7.72. The van der Waals surface area contributed by atoms with E-state index in [1.54, 1.807) is 0 Å². The molecule has 0 radical (unpaired) electrons. The molecule has 0 aliphatic heterocycles. The summed E-state index contributed by atoms with van der Waals surface area (Å²) in [6, 6.07) is 0. The molecule has 0 aliphatic carbocycles. The largest absolute Gasteiger partial charge is 0.256 e. The van der Waals surface area contributed by atoms with Crippen molar-refractivity contribution in [3.05, 3.63) is 18.2 Å². The molecule has 0 saturated heterocycles. The summed E-state index contributed by atoms with van der Waals surface area (Å²) < 4.78 is 4.88. The van der Waals surface area contributed by atoms with Gasteiger partial charge in [0.1, 0.15) is 12.4 Å². The highest BCUT2D eigenvalue weighted by molar-refractivity contribution is 4.84. The minimum absolute atomic E-state index is 1.21. The van der Waals surface area contributed by atoms with E-state index < -0.39 is 0 Å². The quantitative estimate of drug-likeness (QED) is 0.0930. The van der Waals surface area contributed by atoms with Gasteiger partial charge in [0.05, 0.1) is 13.6 Å². The van der Waals surface area contributed by atoms with Crippen LogP contribution in [0.4, 0.5) is 0 Å². The van der Waals surface area contributed by atoms with Gasteiger partial charge in [0.15, 0.2) is 0 Å². The predicted octanol–water partition coefficient (Wildman–Crippen LogP) is 10.3. The molecule has 34 heavy (non-hydrogen) atoms. The maximum atomic E-state index is 2.53. The topological polar surface area (TPSA) is 8.81 Å². The summed E-state index contributed by atoms with van der Waals surface area (Å²) in [7, 11) is 2.22. The maximum absolute atomic E-state index is 2.53. The predicted molar refractivity (Wildman–Crippen MR) is 151 cm³/mol. The average molecular weight is 476 g/mol. The molecular formula is C32H63N2+. The first-order valence-corrected chi connectivity index (χ1v) is 15.8. The zero-order valence-electron chi connectivity index (χ0n) is 23.9. The summed E-state index contributed by atoms with van der Waals surface area (Å²) in [5.74, 6) is 1.53. The molecule has 1 heterocycles. The van der Waals surface area contributed by atoms with Crippen molar-refractivity contribution in [1.29, 1.82) is 0 Å². The van der Waals surface area contributed by atoms with Crippen molar-refractivity contribution in [3.8, 4) is 0 Å². The van der Waals surface area contributed by atoms with Gasteiger partial charge in [-0.1, -0.05) is 149 Å². The smallest absolute Gasteiger partial charge is 0.237 e. The fourth-order valence-electron chi connectivity index (χ4n) is 5.33. The van der Waals surface area contributed by atoms with E-state index in [4.69, 9.17) is 0 Å². The Morgan fingerprint density at radius 3 is 1.26 bits per heavy atom. The van der Waals surface area contributed by atoms with Gasteiger partial charge in [0, 0.05) is 6.42 Å². The Morgan fingerprint density at radius 2 is 0.853 bits per heavy atom. The minimum atomic E-state index is 1.21. The first-order chi connectivity index (χ1) is 16.8. The molecule has 200 valence electrons. The van der Waals surface area contributed by atoms with Crippen LogP contribution in [0.5, 0.6) is 0 Å². The highest BCUT2D eigenvalue weighted by Crippen LogP contribution is 2.15. The van der Waals surface area contributed by atoms with Crippen molar-refractivity contribution in [3.63, 3.8) is 0 Å². The van der Waals surface area contributed by atoms with Crippen LogP contribution < -0.4 is 4.57 Å². The van der Waals surface area contributed by atoms with Crippen molar-refractivity contribution >= 4 is 0 Å². The molecule has 0 N–H and O–H groups in total. The second kappa shape index (κ2) is 23.9. The Balaban J connectivity index is 1.90. The third-order valence-corrected chi connectivity index (χ3v) is 7.72. The fourth-order valence-corrected chi connectivity index (χ4v) is 5.33. The molecule has 2 nitrogen and oxygen atoms in total. The van der Waals surface area contributed by atoms with E-state index in [1.165, 1.54) is 173 Å². The van der Waals surface area contributed by atoms with E-state index in [1.807, 2.05) is 0 Å². The van der Waals surface area contributed by atoms with Crippen LogP contribution in [0.15, 0.2) is 12.4 Å². The molecule has 1 aromatic heterocycles. The molecular weight excluding hydrogens is 412 g/mol. The molecule has 0 aromatic carbocycles. The summed E-state index contributed by atoms with van der Waals surface area (Å²) in [6.45, 7) is 5.82. The lowest BCUT2D eigenvalue weighted by Crippen LogP contribution is -2.32. The average Bonchev–Trinajstić information content (AvgIpc) is 3.19. The van der Waals surface area contributed by atoms with Gasteiger partial charge in [0.25, 0.3) is 5.82 Å². The van der Waals surface area contributed by atoms with E-state index in [0.29, 0.717) is 0 Å². The summed E-state index contributed by atoms with van der Waals surface area (Å²) in [6.07, 6.45) is 40.2. The monoisotopic (exact) mass is 475 g/mol. The second-order valence-corrected chi connectivity index (χ2v) is 11.0. The van der Waals surface area contributed by atoms with Crippen LogP contribution in [-0.2, 0) is 20.0 Å². The van der Waals surface area contributed by atoms with Crippen molar-refractivity contribution in [1.82, 2.24) is 4.57 Å². The van der Waals surface area contributed by atoms with Crippen molar-refractivity contribution < 1.29 is 4.57 Å². The van der Waals surface area contributed by atoms with Gasteiger partial charge in [-0.25, -0.2) is 9.13 Å². The Kier molecular flexibility index (Phi) is 22.0. The molecule has 1 aromatic rings. The number of imidazole rings is 1. The molecule has 0 saturated carbocycles. The van der Waals surface area contributed by atoms with Gasteiger partial charge in [-0.05, 0) is 19.3 Å². The molecule has 0 spiro atoms. The van der Waals surface area contributed by atoms with E-state index in [9.17, 15) is 0 Å². The Hall–Kier alpha value is -0.790. The van der Waals surface area contributed by atoms with Gasteiger partial charge in [-0.2, -0.15) is 0 Å². The molecule has 0 bridgehead atoms. The Morgan fingerprint density at radius 1 is 0.500 bits per heavy atom. The standard InChI is InChI=1S/C32H63N2/c1-4-6-8-10-12-13-14-15-16-17-18-19-20-21-23-25-27-29-34-31-30-33(3)32(34)28-26-24-22-11-9-7-5-2/h30-31H,4-29H2,1-3H3/q+1. The van der Waals surface area contributed by atoms with Gasteiger partial charge >= 0.3 is 0 Å². The second-order valence-electron chi connectivity index (χ2n) is 11.0. The fraction of sp³-hybridized carbons (Fsp3) is 0.906. The molecule has 0 atom stereocenters. The van der Waals surface area contributed by atoms with Gasteiger partial charge < -0.3 is 0 Å². The first-order valence-electron chi connectivity index (χ1n) is 15.8. The summed E-state index contributed by atoms with van der Waals surface area (Å²) >= 11 is 0. The van der Waals surface area contributed by atoms with Gasteiger partial charge in [0.2, 0.25) is 0 Å². The lowest BCUT2D eigenvalue weighted by atomic mass is 10.0. The summed E-state index contributed by atoms with van der Waals surface area (Å²) in [4.78, 5) is 0. The lowest BCUT2D eigenvalue weighted by molar-refractivity contribution is -0.678. The van der Waals surface area contributed by atoms with Gasteiger partial charge in [-0.15, -0.1) is 0 Å². The molecule has 0 fully saturated rings. The summed E-state index contributed by atoms with van der Waals surface area (Å²) in [5, 5.41) is 0.